The zero-order valence-corrected chi connectivity index (χ0v) is 17.9. The van der Waals surface area contributed by atoms with E-state index >= 15 is 0 Å². The average molecular weight is 418 g/mol. The molecule has 0 saturated carbocycles. The monoisotopic (exact) mass is 417 g/mol. The number of rotatable bonds is 8. The van der Waals surface area contributed by atoms with Gasteiger partial charge in [-0.25, -0.2) is 4.98 Å². The molecule has 0 fully saturated rings. The zero-order valence-electron chi connectivity index (χ0n) is 17.9. The molecule has 0 spiro atoms. The summed E-state index contributed by atoms with van der Waals surface area (Å²) in [7, 11) is 2.07. The minimum Gasteiger partial charge on any atom is -0.351 e. The molecule has 0 aliphatic rings. The number of benzene rings is 2. The number of carbonyl (C=O) groups excluding carboxylic acids is 1. The lowest BCUT2D eigenvalue weighted by Gasteiger charge is -2.14. The Kier molecular flexibility index (Phi) is 6.25. The van der Waals surface area contributed by atoms with Gasteiger partial charge in [0, 0.05) is 32.4 Å². The fraction of sp³-hybridized carbons (Fsp3) is 0.292. The molecule has 0 bridgehead atoms. The highest BCUT2D eigenvalue weighted by Gasteiger charge is 2.14. The topological polar surface area (TPSA) is 78.7 Å². The van der Waals surface area contributed by atoms with Gasteiger partial charge in [0.1, 0.15) is 0 Å². The van der Waals surface area contributed by atoms with Crippen LogP contribution in [0.1, 0.15) is 17.3 Å². The van der Waals surface area contributed by atoms with Crippen molar-refractivity contribution in [3.8, 4) is 0 Å². The van der Waals surface area contributed by atoms with Crippen molar-refractivity contribution in [2.45, 2.75) is 6.92 Å². The quantitative estimate of drug-likeness (QED) is 0.340. The predicted octanol–water partition coefficient (Wildman–Crippen LogP) is 2.27. The highest BCUT2D eigenvalue weighted by atomic mass is 16.2. The van der Waals surface area contributed by atoms with Crippen LogP contribution in [-0.4, -0.2) is 60.0 Å². The van der Waals surface area contributed by atoms with Crippen LogP contribution in [0.3, 0.4) is 0 Å². The van der Waals surface area contributed by atoms with Crippen LogP contribution in [0.25, 0.3) is 27.3 Å². The summed E-state index contributed by atoms with van der Waals surface area (Å²) in [5.41, 5.74) is 1.17. The SMILES string of the molecule is CCN(C)CCNCCNC(=O)c1cccn2c(=O)c3cc4ccccc4cc3nc12. The van der Waals surface area contributed by atoms with Crippen molar-refractivity contribution in [2.24, 2.45) is 0 Å². The molecule has 0 saturated heterocycles. The number of fused-ring (bicyclic) bond motifs is 3. The first kappa shape index (κ1) is 21.0. The number of pyridine rings is 1. The van der Waals surface area contributed by atoms with E-state index in [1.54, 1.807) is 18.3 Å². The lowest BCUT2D eigenvalue weighted by atomic mass is 10.1. The smallest absolute Gasteiger partial charge is 0.265 e. The van der Waals surface area contributed by atoms with Gasteiger partial charge in [0.2, 0.25) is 0 Å². The Morgan fingerprint density at radius 3 is 2.61 bits per heavy atom. The summed E-state index contributed by atoms with van der Waals surface area (Å²) < 4.78 is 1.45. The minimum atomic E-state index is -0.238. The van der Waals surface area contributed by atoms with Crippen LogP contribution in [0.2, 0.25) is 0 Å². The maximum atomic E-state index is 13.1. The van der Waals surface area contributed by atoms with Gasteiger partial charge in [-0.15, -0.1) is 0 Å². The maximum Gasteiger partial charge on any atom is 0.265 e. The Morgan fingerprint density at radius 1 is 1.06 bits per heavy atom. The van der Waals surface area contributed by atoms with Gasteiger partial charge in [-0.3, -0.25) is 14.0 Å². The Labute approximate surface area is 180 Å². The van der Waals surface area contributed by atoms with Gasteiger partial charge in [-0.1, -0.05) is 31.2 Å². The summed E-state index contributed by atoms with van der Waals surface area (Å²) in [5.74, 6) is -0.238. The van der Waals surface area contributed by atoms with E-state index in [0.717, 1.165) is 30.4 Å². The number of nitrogens with one attached hydrogen (secondary N) is 2. The Balaban J connectivity index is 1.57. The minimum absolute atomic E-state index is 0.179. The number of aromatic nitrogens is 2. The average Bonchev–Trinajstić information content (AvgIpc) is 2.79. The fourth-order valence-corrected chi connectivity index (χ4v) is 3.60. The molecule has 0 aliphatic carbocycles. The normalized spacial score (nSPS) is 11.6. The number of carbonyl (C=O) groups is 1. The van der Waals surface area contributed by atoms with E-state index in [1.807, 2.05) is 36.4 Å². The second kappa shape index (κ2) is 9.24. The molecular weight excluding hydrogens is 390 g/mol. The molecule has 0 aliphatic heterocycles. The third-order valence-electron chi connectivity index (χ3n) is 5.55. The number of nitrogens with zero attached hydrogens (tertiary/aromatic N) is 3. The van der Waals surface area contributed by atoms with E-state index in [-0.39, 0.29) is 11.5 Å². The molecule has 0 radical (unpaired) electrons. The van der Waals surface area contributed by atoms with E-state index < -0.39 is 0 Å². The molecule has 7 nitrogen and oxygen atoms in total. The first-order valence-electron chi connectivity index (χ1n) is 10.6. The Bertz CT molecular complexity index is 1300. The summed E-state index contributed by atoms with van der Waals surface area (Å²) in [4.78, 5) is 32.8. The highest BCUT2D eigenvalue weighted by Crippen LogP contribution is 2.20. The van der Waals surface area contributed by atoms with Gasteiger partial charge in [-0.2, -0.15) is 0 Å². The van der Waals surface area contributed by atoms with Gasteiger partial charge in [-0.05, 0) is 48.6 Å². The second-order valence-electron chi connectivity index (χ2n) is 7.65. The Hall–Kier alpha value is -3.29. The van der Waals surface area contributed by atoms with E-state index in [9.17, 15) is 9.59 Å². The molecule has 1 amide bonds. The highest BCUT2D eigenvalue weighted by molar-refractivity contribution is 6.02. The van der Waals surface area contributed by atoms with E-state index in [1.165, 1.54) is 4.40 Å². The maximum absolute atomic E-state index is 13.1. The summed E-state index contributed by atoms with van der Waals surface area (Å²) in [6, 6.07) is 15.0. The van der Waals surface area contributed by atoms with Crippen molar-refractivity contribution in [1.82, 2.24) is 24.9 Å². The van der Waals surface area contributed by atoms with Gasteiger partial charge in [0.05, 0.1) is 16.5 Å². The van der Waals surface area contributed by atoms with E-state index in [2.05, 4.69) is 34.5 Å². The van der Waals surface area contributed by atoms with Crippen molar-refractivity contribution < 1.29 is 4.79 Å². The molecule has 2 N–H and O–H groups in total. The fourth-order valence-electron chi connectivity index (χ4n) is 3.60. The number of hydrogen-bond acceptors (Lipinski definition) is 5. The molecule has 2 aromatic heterocycles. The lowest BCUT2D eigenvalue weighted by molar-refractivity contribution is 0.0955. The van der Waals surface area contributed by atoms with Crippen LogP contribution in [0.4, 0.5) is 0 Å². The number of likely N-dealkylation sites (N-methyl/N-ethyl adjacent to an activating group) is 1. The van der Waals surface area contributed by atoms with Crippen LogP contribution in [-0.2, 0) is 0 Å². The molecule has 2 aromatic carbocycles. The van der Waals surface area contributed by atoms with Crippen molar-refractivity contribution in [2.75, 3.05) is 39.8 Å². The van der Waals surface area contributed by atoms with Crippen molar-refractivity contribution >= 4 is 33.2 Å². The second-order valence-corrected chi connectivity index (χ2v) is 7.65. The summed E-state index contributed by atoms with van der Waals surface area (Å²) in [6.45, 7) is 6.13. The van der Waals surface area contributed by atoms with Crippen LogP contribution in [0, 0.1) is 0 Å². The summed E-state index contributed by atoms with van der Waals surface area (Å²) in [5, 5.41) is 8.77. The standard InChI is InChI=1S/C24H27N5O2/c1-3-28(2)14-12-25-10-11-26-23(30)19-9-6-13-29-22(19)27-21-16-18-8-5-4-7-17(18)15-20(21)24(29)31/h4-9,13,15-16,25H,3,10-12,14H2,1-2H3,(H,26,30). The van der Waals surface area contributed by atoms with Crippen molar-refractivity contribution in [3.05, 3.63) is 70.6 Å². The summed E-state index contributed by atoms with van der Waals surface area (Å²) in [6.07, 6.45) is 1.65. The lowest BCUT2D eigenvalue weighted by Crippen LogP contribution is -2.35. The molecular formula is C24H27N5O2. The zero-order chi connectivity index (χ0) is 21.8. The third-order valence-corrected chi connectivity index (χ3v) is 5.55. The van der Waals surface area contributed by atoms with Crippen LogP contribution >= 0.6 is 0 Å². The first-order chi connectivity index (χ1) is 15.1. The van der Waals surface area contributed by atoms with Gasteiger partial charge >= 0.3 is 0 Å². The molecule has 4 aromatic rings. The molecule has 160 valence electrons. The molecule has 0 unspecified atom stereocenters. The Morgan fingerprint density at radius 2 is 1.84 bits per heavy atom. The number of amides is 1. The first-order valence-corrected chi connectivity index (χ1v) is 10.6. The van der Waals surface area contributed by atoms with Gasteiger partial charge in [0.15, 0.2) is 5.65 Å². The number of hydrogen-bond donors (Lipinski definition) is 2. The molecule has 4 rings (SSSR count). The van der Waals surface area contributed by atoms with Crippen molar-refractivity contribution in [1.29, 1.82) is 0 Å². The van der Waals surface area contributed by atoms with Crippen LogP contribution in [0.5, 0.6) is 0 Å². The predicted molar refractivity (Wildman–Crippen MR) is 125 cm³/mol. The molecule has 7 heteroatoms. The van der Waals surface area contributed by atoms with Crippen LogP contribution in [0.15, 0.2) is 59.5 Å². The van der Waals surface area contributed by atoms with E-state index in [4.69, 9.17) is 0 Å². The van der Waals surface area contributed by atoms with Gasteiger partial charge < -0.3 is 15.5 Å². The third kappa shape index (κ3) is 4.42. The van der Waals surface area contributed by atoms with Crippen LogP contribution < -0.4 is 16.2 Å². The molecule has 2 heterocycles. The molecule has 0 atom stereocenters. The molecule has 31 heavy (non-hydrogen) atoms. The van der Waals surface area contributed by atoms with Crippen molar-refractivity contribution in [3.63, 3.8) is 0 Å². The summed E-state index contributed by atoms with van der Waals surface area (Å²) >= 11 is 0. The largest absolute Gasteiger partial charge is 0.351 e. The van der Waals surface area contributed by atoms with Gasteiger partial charge in [0.25, 0.3) is 11.5 Å². The van der Waals surface area contributed by atoms with E-state index in [0.29, 0.717) is 35.2 Å².